The molecule has 2 atom stereocenters. The minimum Gasteiger partial charge on any atom is -0.457 e. The third kappa shape index (κ3) is 4.55. The van der Waals surface area contributed by atoms with Crippen LogP contribution in [0.5, 0.6) is 11.5 Å². The van der Waals surface area contributed by atoms with Gasteiger partial charge in [0.15, 0.2) is 5.11 Å². The molecular formula is C32H28N4OS. The molecule has 1 saturated heterocycles. The Morgan fingerprint density at radius 3 is 2.11 bits per heavy atom. The molecule has 0 amide bonds. The number of aromatic nitrogens is 2. The molecule has 0 radical (unpaired) electrons. The van der Waals surface area contributed by atoms with E-state index in [-0.39, 0.29) is 12.1 Å². The average molecular weight is 517 g/mol. The van der Waals surface area contributed by atoms with E-state index >= 15 is 0 Å². The lowest BCUT2D eigenvalue weighted by Crippen LogP contribution is -2.30. The van der Waals surface area contributed by atoms with E-state index in [1.54, 1.807) is 0 Å². The van der Waals surface area contributed by atoms with Gasteiger partial charge in [0.1, 0.15) is 17.5 Å². The van der Waals surface area contributed by atoms with E-state index in [9.17, 15) is 0 Å². The fourth-order valence-corrected chi connectivity index (χ4v) is 5.42. The number of hydrogen-bond acceptors (Lipinski definition) is 3. The summed E-state index contributed by atoms with van der Waals surface area (Å²) in [4.78, 5) is 6.89. The molecule has 0 bridgehead atoms. The Morgan fingerprint density at radius 1 is 0.737 bits per heavy atom. The number of ether oxygens (including phenoxy) is 1. The molecule has 0 unspecified atom stereocenters. The van der Waals surface area contributed by atoms with Gasteiger partial charge in [-0.3, -0.25) is 4.98 Å². The summed E-state index contributed by atoms with van der Waals surface area (Å²) >= 11 is 5.94. The molecule has 3 aromatic carbocycles. The van der Waals surface area contributed by atoms with E-state index in [2.05, 4.69) is 83.2 Å². The van der Waals surface area contributed by atoms with Crippen molar-refractivity contribution in [3.63, 3.8) is 0 Å². The van der Waals surface area contributed by atoms with Gasteiger partial charge in [-0.25, -0.2) is 0 Å². The first-order valence-corrected chi connectivity index (χ1v) is 13.1. The van der Waals surface area contributed by atoms with Crippen LogP contribution in [0, 0.1) is 13.8 Å². The van der Waals surface area contributed by atoms with Gasteiger partial charge in [-0.1, -0.05) is 42.0 Å². The monoisotopic (exact) mass is 516 g/mol. The van der Waals surface area contributed by atoms with Crippen LogP contribution in [0.1, 0.15) is 34.7 Å². The number of benzene rings is 3. The van der Waals surface area contributed by atoms with E-state index in [4.69, 9.17) is 21.9 Å². The van der Waals surface area contributed by atoms with E-state index in [1.165, 1.54) is 5.56 Å². The van der Waals surface area contributed by atoms with Crippen molar-refractivity contribution in [2.75, 3.05) is 4.90 Å². The minimum atomic E-state index is -0.121. The summed E-state index contributed by atoms with van der Waals surface area (Å²) in [5, 5.41) is 4.23. The molecule has 0 spiro atoms. The Kier molecular flexibility index (Phi) is 6.40. The van der Waals surface area contributed by atoms with Crippen molar-refractivity contribution in [1.29, 1.82) is 0 Å². The highest BCUT2D eigenvalue weighted by atomic mass is 32.1. The number of nitrogens with one attached hydrogen (secondary N) is 1. The van der Waals surface area contributed by atoms with Gasteiger partial charge in [0, 0.05) is 29.0 Å². The fraction of sp³-hybridized carbons (Fsp3) is 0.125. The summed E-state index contributed by atoms with van der Waals surface area (Å²) in [6, 6.07) is 36.7. The van der Waals surface area contributed by atoms with Crippen molar-refractivity contribution in [2.24, 2.45) is 0 Å². The van der Waals surface area contributed by atoms with Crippen LogP contribution in [0.4, 0.5) is 5.69 Å². The molecular weight excluding hydrogens is 488 g/mol. The first-order valence-electron chi connectivity index (χ1n) is 12.7. The first-order chi connectivity index (χ1) is 18.6. The van der Waals surface area contributed by atoms with Gasteiger partial charge in [0.2, 0.25) is 0 Å². The van der Waals surface area contributed by atoms with Crippen LogP contribution < -0.4 is 15.0 Å². The second-order valence-electron chi connectivity index (χ2n) is 9.48. The van der Waals surface area contributed by atoms with Crippen LogP contribution >= 0.6 is 12.2 Å². The summed E-state index contributed by atoms with van der Waals surface area (Å²) in [5.74, 6) is 1.59. The van der Waals surface area contributed by atoms with Crippen molar-refractivity contribution in [2.45, 2.75) is 25.9 Å². The van der Waals surface area contributed by atoms with Crippen molar-refractivity contribution < 1.29 is 4.74 Å². The van der Waals surface area contributed by atoms with Crippen LogP contribution in [0.15, 0.2) is 115 Å². The first kappa shape index (κ1) is 23.9. The Bertz CT molecular complexity index is 1550. The number of nitrogens with zero attached hydrogens (tertiary/aromatic N) is 3. The summed E-state index contributed by atoms with van der Waals surface area (Å²) < 4.78 is 8.38. The molecule has 1 aliphatic heterocycles. The Morgan fingerprint density at radius 2 is 1.42 bits per heavy atom. The Labute approximate surface area is 228 Å². The molecule has 1 N–H and O–H groups in total. The number of aryl methyl sites for hydroxylation is 2. The molecule has 38 heavy (non-hydrogen) atoms. The van der Waals surface area contributed by atoms with Crippen molar-refractivity contribution >= 4 is 23.0 Å². The van der Waals surface area contributed by atoms with Gasteiger partial charge in [-0.05, 0) is 98.9 Å². The molecule has 5 aromatic rings. The van der Waals surface area contributed by atoms with Crippen molar-refractivity contribution in [3.05, 3.63) is 138 Å². The predicted molar refractivity (Wildman–Crippen MR) is 156 cm³/mol. The lowest BCUT2D eigenvalue weighted by Gasteiger charge is -2.29. The third-order valence-corrected chi connectivity index (χ3v) is 7.21. The predicted octanol–water partition coefficient (Wildman–Crippen LogP) is 7.46. The summed E-state index contributed by atoms with van der Waals surface area (Å²) in [7, 11) is 0. The lowest BCUT2D eigenvalue weighted by atomic mass is 10.0. The van der Waals surface area contributed by atoms with Gasteiger partial charge in [-0.2, -0.15) is 0 Å². The maximum Gasteiger partial charge on any atom is 0.174 e. The second kappa shape index (κ2) is 10.1. The minimum absolute atomic E-state index is 0.116. The summed E-state index contributed by atoms with van der Waals surface area (Å²) in [6.07, 6.45) is 1.83. The molecule has 2 aromatic heterocycles. The molecule has 6 heteroatoms. The number of para-hydroxylation sites is 1. The van der Waals surface area contributed by atoms with E-state index in [1.807, 2.05) is 60.8 Å². The average Bonchev–Trinajstić information content (AvgIpc) is 3.50. The van der Waals surface area contributed by atoms with Crippen LogP contribution in [0.2, 0.25) is 0 Å². The normalized spacial score (nSPS) is 16.9. The number of thiocarbonyl (C=S) groups is 1. The highest BCUT2D eigenvalue weighted by Crippen LogP contribution is 2.43. The van der Waals surface area contributed by atoms with Crippen LogP contribution in [-0.2, 0) is 0 Å². The lowest BCUT2D eigenvalue weighted by molar-refractivity contribution is 0.482. The fourth-order valence-electron chi connectivity index (χ4n) is 5.07. The standard InChI is InChI=1S/C32H28N4OS/c1-22-11-16-26(17-12-22)37-27-18-14-25(15-19-27)36-31(30(34-32(36)38)28-10-6-7-21-33-28)29-20-13-23(2)35(29)24-8-4-3-5-9-24/h3-21,30-31H,1-2H3,(H,34,38)/t30-,31+/m0/s1. The maximum atomic E-state index is 6.08. The SMILES string of the molecule is Cc1ccc(Oc2ccc(N3C(=S)N[C@@H](c4ccccn4)[C@H]3c3ccc(C)n3-c3ccccc3)cc2)cc1. The zero-order valence-electron chi connectivity index (χ0n) is 21.3. The third-order valence-electron chi connectivity index (χ3n) is 6.89. The zero-order chi connectivity index (χ0) is 26.1. The quantitative estimate of drug-likeness (QED) is 0.237. The topological polar surface area (TPSA) is 42.3 Å². The highest BCUT2D eigenvalue weighted by Gasteiger charge is 2.42. The number of rotatable bonds is 6. The van der Waals surface area contributed by atoms with Crippen LogP contribution in [0.3, 0.4) is 0 Å². The van der Waals surface area contributed by atoms with Crippen LogP contribution in [-0.4, -0.2) is 14.7 Å². The summed E-state index contributed by atoms with van der Waals surface area (Å²) in [6.45, 7) is 4.20. The number of anilines is 1. The van der Waals surface area contributed by atoms with E-state index in [0.717, 1.165) is 40.0 Å². The molecule has 6 rings (SSSR count). The smallest absolute Gasteiger partial charge is 0.174 e. The largest absolute Gasteiger partial charge is 0.457 e. The van der Waals surface area contributed by atoms with Gasteiger partial charge in [0.25, 0.3) is 0 Å². The molecule has 3 heterocycles. The maximum absolute atomic E-state index is 6.08. The zero-order valence-corrected chi connectivity index (χ0v) is 22.1. The van der Waals surface area contributed by atoms with Crippen LogP contribution in [0.25, 0.3) is 5.69 Å². The number of pyridine rings is 1. The van der Waals surface area contributed by atoms with Crippen molar-refractivity contribution in [3.8, 4) is 17.2 Å². The van der Waals surface area contributed by atoms with Gasteiger partial charge in [0.05, 0.1) is 11.7 Å². The van der Waals surface area contributed by atoms with Gasteiger partial charge in [-0.15, -0.1) is 0 Å². The van der Waals surface area contributed by atoms with Crippen molar-refractivity contribution in [1.82, 2.24) is 14.9 Å². The molecule has 0 aliphatic carbocycles. The Hall–Kier alpha value is -4.42. The van der Waals surface area contributed by atoms with Gasteiger partial charge >= 0.3 is 0 Å². The molecule has 188 valence electrons. The number of hydrogen-bond donors (Lipinski definition) is 1. The van der Waals surface area contributed by atoms with E-state index in [0.29, 0.717) is 5.11 Å². The summed E-state index contributed by atoms with van der Waals surface area (Å²) in [5.41, 5.74) is 6.54. The molecule has 0 saturated carbocycles. The highest BCUT2D eigenvalue weighted by molar-refractivity contribution is 7.80. The second-order valence-corrected chi connectivity index (χ2v) is 9.86. The molecule has 1 aliphatic rings. The Balaban J connectivity index is 1.41. The van der Waals surface area contributed by atoms with E-state index < -0.39 is 0 Å². The molecule has 5 nitrogen and oxygen atoms in total. The molecule has 1 fully saturated rings. The van der Waals surface area contributed by atoms with Gasteiger partial charge < -0.3 is 19.5 Å².